The van der Waals surface area contributed by atoms with Gasteiger partial charge in [-0.1, -0.05) is 15.9 Å². The van der Waals surface area contributed by atoms with Crippen molar-refractivity contribution in [2.24, 2.45) is 0 Å². The summed E-state index contributed by atoms with van der Waals surface area (Å²) in [7, 11) is 0. The molecule has 0 aliphatic carbocycles. The van der Waals surface area contributed by atoms with Gasteiger partial charge < -0.3 is 10.1 Å². The van der Waals surface area contributed by atoms with Crippen molar-refractivity contribution < 1.29 is 9.53 Å². The summed E-state index contributed by atoms with van der Waals surface area (Å²) in [6, 6.07) is 5.71. The number of carbonyl (C=O) groups is 1. The van der Waals surface area contributed by atoms with Gasteiger partial charge in [-0.05, 0) is 25.1 Å². The maximum atomic E-state index is 11.2. The molecule has 0 aromatic heterocycles. The van der Waals surface area contributed by atoms with Crippen LogP contribution in [0.2, 0.25) is 0 Å². The fourth-order valence-electron chi connectivity index (χ4n) is 2.03. The molecule has 0 radical (unpaired) electrons. The molecule has 0 aliphatic rings. The van der Waals surface area contributed by atoms with Crippen LogP contribution in [0, 0.1) is 0 Å². The van der Waals surface area contributed by atoms with E-state index in [1.807, 2.05) is 25.1 Å². The molecule has 1 aromatic carbocycles. The zero-order valence-corrected chi connectivity index (χ0v) is 14.8. The first-order valence-electron chi connectivity index (χ1n) is 6.98. The lowest BCUT2D eigenvalue weighted by molar-refractivity contribution is -0.114. The molecular formula is C15H22BrClN2O2. The molecule has 0 unspecified atom stereocenters. The Hall–Kier alpha value is -0.780. The Kier molecular flexibility index (Phi) is 8.73. The van der Waals surface area contributed by atoms with Crippen molar-refractivity contribution in [3.05, 3.63) is 23.8 Å². The first-order chi connectivity index (χ1) is 10.1. The minimum absolute atomic E-state index is 0.0804. The molecule has 6 heteroatoms. The van der Waals surface area contributed by atoms with Gasteiger partial charge in [0.15, 0.2) is 0 Å². The third-order valence-electron chi connectivity index (χ3n) is 2.88. The van der Waals surface area contributed by atoms with Crippen LogP contribution in [0.3, 0.4) is 0 Å². The molecule has 0 fully saturated rings. The molecule has 1 N–H and O–H groups in total. The van der Waals surface area contributed by atoms with Gasteiger partial charge in [-0.15, -0.1) is 11.6 Å². The van der Waals surface area contributed by atoms with Crippen molar-refractivity contribution in [1.29, 1.82) is 0 Å². The van der Waals surface area contributed by atoms with Crippen molar-refractivity contribution in [2.75, 3.05) is 36.2 Å². The molecule has 1 aromatic rings. The van der Waals surface area contributed by atoms with Crippen LogP contribution in [0.25, 0.3) is 0 Å². The van der Waals surface area contributed by atoms with Gasteiger partial charge in [0.05, 0.1) is 6.61 Å². The lowest BCUT2D eigenvalue weighted by atomic mass is 10.1. The van der Waals surface area contributed by atoms with E-state index < -0.39 is 0 Å². The summed E-state index contributed by atoms with van der Waals surface area (Å²) in [5.74, 6) is 1.35. The highest BCUT2D eigenvalue weighted by atomic mass is 79.9. The number of amides is 1. The van der Waals surface area contributed by atoms with Gasteiger partial charge in [0, 0.05) is 49.0 Å². The van der Waals surface area contributed by atoms with Crippen molar-refractivity contribution in [3.8, 4) is 5.75 Å². The van der Waals surface area contributed by atoms with Gasteiger partial charge in [0.2, 0.25) is 5.91 Å². The van der Waals surface area contributed by atoms with Crippen LogP contribution >= 0.6 is 27.5 Å². The Morgan fingerprint density at radius 2 is 2.19 bits per heavy atom. The molecule has 1 rings (SSSR count). The van der Waals surface area contributed by atoms with Crippen LogP contribution in [-0.2, 0) is 11.3 Å². The third kappa shape index (κ3) is 6.68. The fourth-order valence-corrected chi connectivity index (χ4v) is 2.77. The smallest absolute Gasteiger partial charge is 0.221 e. The molecule has 0 heterocycles. The second kappa shape index (κ2) is 10.0. The zero-order chi connectivity index (χ0) is 15.7. The number of alkyl halides is 2. The highest BCUT2D eigenvalue weighted by molar-refractivity contribution is 9.09. The Morgan fingerprint density at radius 3 is 2.76 bits per heavy atom. The van der Waals surface area contributed by atoms with Crippen LogP contribution in [-0.4, -0.2) is 41.7 Å². The molecule has 0 saturated heterocycles. The Morgan fingerprint density at radius 1 is 1.43 bits per heavy atom. The van der Waals surface area contributed by atoms with Gasteiger partial charge >= 0.3 is 0 Å². The van der Waals surface area contributed by atoms with Crippen LogP contribution in [0.15, 0.2) is 18.2 Å². The quantitative estimate of drug-likeness (QED) is 0.670. The largest absolute Gasteiger partial charge is 0.494 e. The lowest BCUT2D eigenvalue weighted by Gasteiger charge is -2.22. The van der Waals surface area contributed by atoms with E-state index >= 15 is 0 Å². The average Bonchev–Trinajstić information content (AvgIpc) is 2.42. The van der Waals surface area contributed by atoms with Crippen LogP contribution in [0.1, 0.15) is 19.4 Å². The van der Waals surface area contributed by atoms with Crippen molar-refractivity contribution in [3.63, 3.8) is 0 Å². The number of rotatable bonds is 9. The number of nitrogens with one attached hydrogen (secondary N) is 1. The Bertz CT molecular complexity index is 451. The predicted molar refractivity (Wildman–Crippen MR) is 91.7 cm³/mol. The van der Waals surface area contributed by atoms with E-state index in [9.17, 15) is 4.79 Å². The number of hydrogen-bond donors (Lipinski definition) is 1. The molecule has 0 atom stereocenters. The first-order valence-corrected chi connectivity index (χ1v) is 8.63. The molecule has 4 nitrogen and oxygen atoms in total. The number of hydrogen-bond acceptors (Lipinski definition) is 3. The van der Waals surface area contributed by atoms with Crippen molar-refractivity contribution >= 4 is 39.1 Å². The molecule has 0 saturated carbocycles. The monoisotopic (exact) mass is 376 g/mol. The molecule has 0 spiro atoms. The predicted octanol–water partition coefficient (Wildman–Crippen LogP) is 3.48. The third-order valence-corrected chi connectivity index (χ3v) is 3.40. The summed E-state index contributed by atoms with van der Waals surface area (Å²) in [6.45, 7) is 6.52. The zero-order valence-electron chi connectivity index (χ0n) is 12.5. The van der Waals surface area contributed by atoms with Crippen molar-refractivity contribution in [2.45, 2.75) is 20.4 Å². The topological polar surface area (TPSA) is 41.6 Å². The Balaban J connectivity index is 2.94. The maximum absolute atomic E-state index is 11.2. The number of ether oxygens (including phenoxy) is 1. The molecular weight excluding hydrogens is 356 g/mol. The summed E-state index contributed by atoms with van der Waals surface area (Å²) in [4.78, 5) is 13.4. The number of benzene rings is 1. The molecule has 118 valence electrons. The van der Waals surface area contributed by atoms with E-state index in [0.29, 0.717) is 12.5 Å². The van der Waals surface area contributed by atoms with Crippen LogP contribution < -0.4 is 10.1 Å². The van der Waals surface area contributed by atoms with Gasteiger partial charge in [-0.2, -0.15) is 0 Å². The summed E-state index contributed by atoms with van der Waals surface area (Å²) >= 11 is 9.31. The maximum Gasteiger partial charge on any atom is 0.221 e. The van der Waals surface area contributed by atoms with E-state index in [1.165, 1.54) is 6.92 Å². The second-order valence-corrected chi connectivity index (χ2v) is 5.76. The van der Waals surface area contributed by atoms with E-state index in [4.69, 9.17) is 16.3 Å². The highest BCUT2D eigenvalue weighted by Crippen LogP contribution is 2.24. The lowest BCUT2D eigenvalue weighted by Crippen LogP contribution is -2.27. The SMILES string of the molecule is CCOc1ccc(NC(C)=O)cc1CN(CCCl)CCBr. The minimum atomic E-state index is -0.0804. The highest BCUT2D eigenvalue weighted by Gasteiger charge is 2.11. The Labute approximate surface area is 139 Å². The number of halogens is 2. The first kappa shape index (κ1) is 18.3. The van der Waals surface area contributed by atoms with E-state index in [-0.39, 0.29) is 5.91 Å². The van der Waals surface area contributed by atoms with Gasteiger partial charge in [0.25, 0.3) is 0 Å². The molecule has 21 heavy (non-hydrogen) atoms. The summed E-state index contributed by atoms with van der Waals surface area (Å²) < 4.78 is 5.67. The fraction of sp³-hybridized carbons (Fsp3) is 0.533. The molecule has 1 amide bonds. The van der Waals surface area contributed by atoms with Gasteiger partial charge in [-0.3, -0.25) is 9.69 Å². The number of anilines is 1. The summed E-state index contributed by atoms with van der Waals surface area (Å²) in [5, 5.41) is 3.69. The minimum Gasteiger partial charge on any atom is -0.494 e. The van der Waals surface area contributed by atoms with E-state index in [0.717, 1.165) is 42.0 Å². The van der Waals surface area contributed by atoms with Gasteiger partial charge in [-0.25, -0.2) is 0 Å². The summed E-state index contributed by atoms with van der Waals surface area (Å²) in [5.41, 5.74) is 1.83. The van der Waals surface area contributed by atoms with E-state index in [1.54, 1.807) is 0 Å². The molecule has 0 bridgehead atoms. The number of nitrogens with zero attached hydrogens (tertiary/aromatic N) is 1. The van der Waals surface area contributed by atoms with E-state index in [2.05, 4.69) is 26.1 Å². The summed E-state index contributed by atoms with van der Waals surface area (Å²) in [6.07, 6.45) is 0. The van der Waals surface area contributed by atoms with Crippen LogP contribution in [0.4, 0.5) is 5.69 Å². The van der Waals surface area contributed by atoms with Crippen LogP contribution in [0.5, 0.6) is 5.75 Å². The number of carbonyl (C=O) groups excluding carboxylic acids is 1. The average molecular weight is 378 g/mol. The second-order valence-electron chi connectivity index (χ2n) is 4.59. The standard InChI is InChI=1S/C15H22BrClN2O2/c1-3-21-15-5-4-14(18-12(2)20)10-13(15)11-19(8-6-16)9-7-17/h4-5,10H,3,6-9,11H2,1-2H3,(H,18,20). The van der Waals surface area contributed by atoms with Crippen molar-refractivity contribution in [1.82, 2.24) is 4.90 Å². The van der Waals surface area contributed by atoms with Gasteiger partial charge in [0.1, 0.15) is 5.75 Å². The normalized spacial score (nSPS) is 10.7. The molecule has 0 aliphatic heterocycles.